The zero-order chi connectivity index (χ0) is 16.3. The van der Waals surface area contributed by atoms with E-state index in [1.165, 1.54) is 0 Å². The molecule has 5 nitrogen and oxygen atoms in total. The molecular formula is C18H17NO4. The predicted octanol–water partition coefficient (Wildman–Crippen LogP) is 2.47. The smallest absolute Gasteiger partial charge is 0.235 e. The molecule has 1 heterocycles. The number of carbonyl (C=O) groups is 1. The quantitative estimate of drug-likeness (QED) is 0.375. The molecule has 23 heavy (non-hydrogen) atoms. The molecule has 118 valence electrons. The zero-order valence-electron chi connectivity index (χ0n) is 12.7. The Kier molecular flexibility index (Phi) is 4.19. The van der Waals surface area contributed by atoms with Crippen LogP contribution in [0.1, 0.15) is 36.0 Å². The van der Waals surface area contributed by atoms with Crippen molar-refractivity contribution in [2.75, 3.05) is 13.2 Å². The van der Waals surface area contributed by atoms with E-state index in [1.54, 1.807) is 24.3 Å². The number of ketones is 1. The molecule has 2 fully saturated rings. The first-order valence-electron chi connectivity index (χ1n) is 7.60. The summed E-state index contributed by atoms with van der Waals surface area (Å²) >= 11 is 0. The normalized spacial score (nSPS) is 21.2. The van der Waals surface area contributed by atoms with Crippen LogP contribution < -0.4 is 0 Å². The van der Waals surface area contributed by atoms with Crippen LogP contribution in [0.15, 0.2) is 24.3 Å². The van der Waals surface area contributed by atoms with Gasteiger partial charge in [0.05, 0.1) is 19.8 Å². The second kappa shape index (κ2) is 6.14. The highest BCUT2D eigenvalue weighted by atomic mass is 16.7. The molecule has 0 unspecified atom stereocenters. The molecule has 0 bridgehead atoms. The number of hydrogen-bond acceptors (Lipinski definition) is 4. The minimum absolute atomic E-state index is 0.358. The number of benzene rings is 1. The molecule has 2 aliphatic rings. The number of hydrogen-bond donors (Lipinski definition) is 1. The van der Waals surface area contributed by atoms with Gasteiger partial charge in [-0.25, -0.2) is 4.85 Å². The second-order valence-electron chi connectivity index (χ2n) is 5.88. The Bertz CT molecular complexity index is 689. The summed E-state index contributed by atoms with van der Waals surface area (Å²) in [5.74, 6) is 4.32. The first-order chi connectivity index (χ1) is 11.0. The summed E-state index contributed by atoms with van der Waals surface area (Å²) in [6.45, 7) is 8.06. The van der Waals surface area contributed by atoms with E-state index in [0.29, 0.717) is 50.1 Å². The molecule has 0 aromatic heterocycles. The van der Waals surface area contributed by atoms with Crippen molar-refractivity contribution in [3.63, 3.8) is 0 Å². The highest BCUT2D eigenvalue weighted by Gasteiger charge is 2.44. The van der Waals surface area contributed by atoms with Gasteiger partial charge in [0.1, 0.15) is 5.60 Å². The monoisotopic (exact) mass is 311 g/mol. The van der Waals surface area contributed by atoms with Crippen LogP contribution in [0.4, 0.5) is 5.69 Å². The fourth-order valence-electron chi connectivity index (χ4n) is 2.89. The predicted molar refractivity (Wildman–Crippen MR) is 82.9 cm³/mol. The van der Waals surface area contributed by atoms with Gasteiger partial charge in [0, 0.05) is 18.4 Å². The summed E-state index contributed by atoms with van der Waals surface area (Å²) < 4.78 is 11.2. The average Bonchev–Trinajstić information content (AvgIpc) is 3.05. The standard InChI is InChI=1S/C18H17NO4/c1-19-15-4-2-14(3-5-15)16(20)6-7-17(21)8-10-18(11-9-17)22-12-13-23-18/h2-5,21H,8-13H2. The summed E-state index contributed by atoms with van der Waals surface area (Å²) in [6.07, 6.45) is 1.99. The molecule has 1 spiro atoms. The lowest BCUT2D eigenvalue weighted by Crippen LogP contribution is -2.42. The van der Waals surface area contributed by atoms with Crippen LogP contribution in [0.25, 0.3) is 4.85 Å². The molecule has 0 radical (unpaired) electrons. The summed E-state index contributed by atoms with van der Waals surface area (Å²) in [6, 6.07) is 6.31. The first-order valence-corrected chi connectivity index (χ1v) is 7.60. The molecule has 1 saturated heterocycles. The van der Waals surface area contributed by atoms with Crippen LogP contribution in [0.3, 0.4) is 0 Å². The van der Waals surface area contributed by atoms with Gasteiger partial charge in [0.15, 0.2) is 11.5 Å². The van der Waals surface area contributed by atoms with Crippen molar-refractivity contribution in [3.8, 4) is 11.8 Å². The molecule has 1 saturated carbocycles. The third-order valence-corrected chi connectivity index (χ3v) is 4.32. The van der Waals surface area contributed by atoms with Gasteiger partial charge in [0.25, 0.3) is 0 Å². The van der Waals surface area contributed by atoms with Gasteiger partial charge in [-0.2, -0.15) is 0 Å². The summed E-state index contributed by atoms with van der Waals surface area (Å²) in [7, 11) is 0. The molecule has 3 rings (SSSR count). The highest BCUT2D eigenvalue weighted by molar-refractivity contribution is 6.09. The van der Waals surface area contributed by atoms with Gasteiger partial charge < -0.3 is 14.6 Å². The van der Waals surface area contributed by atoms with E-state index >= 15 is 0 Å². The van der Waals surface area contributed by atoms with Crippen LogP contribution in [0, 0.1) is 18.4 Å². The van der Waals surface area contributed by atoms with Crippen molar-refractivity contribution in [1.29, 1.82) is 0 Å². The van der Waals surface area contributed by atoms with Gasteiger partial charge in [0.2, 0.25) is 5.78 Å². The van der Waals surface area contributed by atoms with E-state index in [1.807, 2.05) is 0 Å². The van der Waals surface area contributed by atoms with Crippen LogP contribution in [0.5, 0.6) is 0 Å². The fraction of sp³-hybridized carbons (Fsp3) is 0.444. The highest BCUT2D eigenvalue weighted by Crippen LogP contribution is 2.39. The topological polar surface area (TPSA) is 60.1 Å². The van der Waals surface area contributed by atoms with E-state index in [2.05, 4.69) is 16.7 Å². The van der Waals surface area contributed by atoms with E-state index < -0.39 is 11.4 Å². The van der Waals surface area contributed by atoms with Gasteiger partial charge in [-0.1, -0.05) is 30.2 Å². The van der Waals surface area contributed by atoms with Crippen molar-refractivity contribution >= 4 is 11.5 Å². The fourth-order valence-corrected chi connectivity index (χ4v) is 2.89. The van der Waals surface area contributed by atoms with Gasteiger partial charge in [-0.15, -0.1) is 0 Å². The Morgan fingerprint density at radius 3 is 2.30 bits per heavy atom. The first kappa shape index (κ1) is 15.7. The van der Waals surface area contributed by atoms with Crippen LogP contribution in [-0.2, 0) is 9.47 Å². The molecule has 0 amide bonds. The summed E-state index contributed by atoms with van der Waals surface area (Å²) in [5.41, 5.74) is -0.280. The van der Waals surface area contributed by atoms with Crippen molar-refractivity contribution in [2.45, 2.75) is 37.1 Å². The Labute approximate surface area is 135 Å². The minimum atomic E-state index is -1.17. The van der Waals surface area contributed by atoms with Crippen LogP contribution in [-0.4, -0.2) is 35.5 Å². The summed E-state index contributed by atoms with van der Waals surface area (Å²) in [4.78, 5) is 15.3. The van der Waals surface area contributed by atoms with Crippen molar-refractivity contribution < 1.29 is 19.4 Å². The van der Waals surface area contributed by atoms with Crippen molar-refractivity contribution in [1.82, 2.24) is 0 Å². The van der Waals surface area contributed by atoms with Crippen molar-refractivity contribution in [3.05, 3.63) is 41.2 Å². The van der Waals surface area contributed by atoms with Crippen molar-refractivity contribution in [2.24, 2.45) is 0 Å². The molecular weight excluding hydrogens is 294 g/mol. The molecule has 1 aromatic rings. The lowest BCUT2D eigenvalue weighted by molar-refractivity contribution is -0.195. The number of Topliss-reactive ketones (excluding diaryl/α,β-unsaturated/α-hetero) is 1. The lowest BCUT2D eigenvalue weighted by Gasteiger charge is -2.37. The molecule has 1 aliphatic heterocycles. The SMILES string of the molecule is [C-]#[N+]c1ccc(C(=O)C#CC2(O)CCC3(CC2)OCCO3)cc1. The largest absolute Gasteiger partial charge is 0.378 e. The maximum absolute atomic E-state index is 12.1. The number of aliphatic hydroxyl groups is 1. The number of nitrogens with zero attached hydrogens (tertiary/aromatic N) is 1. The third kappa shape index (κ3) is 3.43. The average molecular weight is 311 g/mol. The second-order valence-corrected chi connectivity index (χ2v) is 5.88. The lowest BCUT2D eigenvalue weighted by atomic mass is 9.81. The Hall–Kier alpha value is -2.18. The molecule has 1 N–H and O–H groups in total. The summed E-state index contributed by atoms with van der Waals surface area (Å²) in [5, 5.41) is 10.5. The molecule has 5 heteroatoms. The number of carbonyl (C=O) groups excluding carboxylic acids is 1. The van der Waals surface area contributed by atoms with E-state index in [-0.39, 0.29) is 5.78 Å². The number of ether oxygens (including phenoxy) is 2. The van der Waals surface area contributed by atoms with Gasteiger partial charge in [-0.3, -0.25) is 4.79 Å². The minimum Gasteiger partial charge on any atom is -0.378 e. The molecule has 1 aliphatic carbocycles. The Morgan fingerprint density at radius 2 is 1.74 bits per heavy atom. The van der Waals surface area contributed by atoms with Crippen LogP contribution >= 0.6 is 0 Å². The Balaban J connectivity index is 1.66. The van der Waals surface area contributed by atoms with E-state index in [4.69, 9.17) is 16.0 Å². The van der Waals surface area contributed by atoms with E-state index in [9.17, 15) is 9.90 Å². The van der Waals surface area contributed by atoms with Gasteiger partial charge >= 0.3 is 0 Å². The van der Waals surface area contributed by atoms with E-state index in [0.717, 1.165) is 0 Å². The maximum atomic E-state index is 12.1. The molecule has 1 aromatic carbocycles. The van der Waals surface area contributed by atoms with Gasteiger partial charge in [-0.05, 0) is 18.8 Å². The Morgan fingerprint density at radius 1 is 1.13 bits per heavy atom. The maximum Gasteiger partial charge on any atom is 0.235 e. The number of rotatable bonds is 1. The zero-order valence-corrected chi connectivity index (χ0v) is 12.7. The third-order valence-electron chi connectivity index (χ3n) is 4.32. The van der Waals surface area contributed by atoms with Crippen LogP contribution in [0.2, 0.25) is 0 Å². The molecule has 0 atom stereocenters.